The van der Waals surface area contributed by atoms with Gasteiger partial charge in [-0.3, -0.25) is 0 Å². The lowest BCUT2D eigenvalue weighted by Crippen LogP contribution is -2.22. The van der Waals surface area contributed by atoms with Crippen molar-refractivity contribution in [1.82, 2.24) is 15.0 Å². The zero-order chi connectivity index (χ0) is 13.1. The zero-order valence-electron chi connectivity index (χ0n) is 11.6. The Balaban J connectivity index is 2.31. The molecule has 0 saturated heterocycles. The summed E-state index contributed by atoms with van der Waals surface area (Å²) in [5, 5.41) is 5.16. The summed E-state index contributed by atoms with van der Waals surface area (Å²) in [7, 11) is 6.00. The van der Waals surface area contributed by atoms with Crippen LogP contribution in [0, 0.1) is 0 Å². The van der Waals surface area contributed by atoms with Crippen LogP contribution in [-0.2, 0) is 6.42 Å². The van der Waals surface area contributed by atoms with Crippen LogP contribution in [0.25, 0.3) is 0 Å². The fourth-order valence-electron chi connectivity index (χ4n) is 2.02. The van der Waals surface area contributed by atoms with Gasteiger partial charge in [-0.05, 0) is 12.8 Å². The van der Waals surface area contributed by atoms with Gasteiger partial charge in [0.05, 0.1) is 0 Å². The fraction of sp³-hybridized carbons (Fsp3) is 0.667. The Morgan fingerprint density at radius 2 is 2.11 bits per heavy atom. The first-order valence-electron chi connectivity index (χ1n) is 6.41. The molecule has 0 radical (unpaired) electrons. The van der Waals surface area contributed by atoms with Gasteiger partial charge < -0.3 is 15.6 Å². The minimum atomic E-state index is 0.703. The monoisotopic (exact) mass is 250 g/mol. The molecule has 6 heteroatoms. The maximum atomic E-state index is 4.58. The third kappa shape index (κ3) is 2.64. The van der Waals surface area contributed by atoms with Crippen LogP contribution in [-0.4, -0.2) is 49.2 Å². The molecule has 0 saturated carbocycles. The number of aromatic nitrogens is 2. The van der Waals surface area contributed by atoms with Crippen LogP contribution in [0.2, 0.25) is 0 Å². The number of nitrogens with zero attached hydrogens (tertiary/aromatic N) is 4. The molecule has 1 aromatic heterocycles. The van der Waals surface area contributed by atoms with Crippen LogP contribution >= 0.6 is 0 Å². The van der Waals surface area contributed by atoms with E-state index in [4.69, 9.17) is 0 Å². The van der Waals surface area contributed by atoms with E-state index in [9.17, 15) is 0 Å². The number of hydrazine groups is 1. The SMILES string of the molecule is CCCNc1nc(NN(C)C)c2c(n1)N(C)CC2. The second-order valence-corrected chi connectivity index (χ2v) is 4.80. The Labute approximate surface area is 108 Å². The molecule has 0 spiro atoms. The maximum Gasteiger partial charge on any atom is 0.226 e. The van der Waals surface area contributed by atoms with E-state index in [-0.39, 0.29) is 0 Å². The van der Waals surface area contributed by atoms with Crippen molar-refractivity contribution in [2.45, 2.75) is 19.8 Å². The summed E-state index contributed by atoms with van der Waals surface area (Å²) in [6.07, 6.45) is 2.06. The summed E-state index contributed by atoms with van der Waals surface area (Å²) >= 11 is 0. The standard InChI is InChI=1S/C12H22N6/c1-5-7-13-12-14-10(16-17(2)3)9-6-8-18(4)11(9)15-12/h5-8H2,1-4H3,(H2,13,14,15,16). The Kier molecular flexibility index (Phi) is 3.86. The van der Waals surface area contributed by atoms with Gasteiger partial charge in [0.25, 0.3) is 0 Å². The van der Waals surface area contributed by atoms with Crippen LogP contribution in [0.15, 0.2) is 0 Å². The van der Waals surface area contributed by atoms with Gasteiger partial charge in [0.2, 0.25) is 5.95 Å². The second-order valence-electron chi connectivity index (χ2n) is 4.80. The predicted molar refractivity (Wildman–Crippen MR) is 75.1 cm³/mol. The maximum absolute atomic E-state index is 4.58. The molecular formula is C12H22N6. The molecule has 100 valence electrons. The van der Waals surface area contributed by atoms with E-state index >= 15 is 0 Å². The number of rotatable bonds is 5. The van der Waals surface area contributed by atoms with Gasteiger partial charge in [0.1, 0.15) is 5.82 Å². The minimum absolute atomic E-state index is 0.703. The highest BCUT2D eigenvalue weighted by molar-refractivity contribution is 5.64. The molecule has 2 N–H and O–H groups in total. The fourth-order valence-corrected chi connectivity index (χ4v) is 2.02. The van der Waals surface area contributed by atoms with Crippen molar-refractivity contribution in [3.05, 3.63) is 5.56 Å². The number of likely N-dealkylation sites (N-methyl/N-ethyl adjacent to an activating group) is 1. The molecule has 18 heavy (non-hydrogen) atoms. The molecular weight excluding hydrogens is 228 g/mol. The first kappa shape index (κ1) is 12.9. The molecule has 2 rings (SSSR count). The quantitative estimate of drug-likeness (QED) is 0.765. The van der Waals surface area contributed by atoms with Crippen LogP contribution in [0.1, 0.15) is 18.9 Å². The summed E-state index contributed by atoms with van der Waals surface area (Å²) in [4.78, 5) is 11.3. The first-order valence-corrected chi connectivity index (χ1v) is 6.41. The Morgan fingerprint density at radius 1 is 1.33 bits per heavy atom. The molecule has 0 fully saturated rings. The lowest BCUT2D eigenvalue weighted by molar-refractivity contribution is 0.491. The lowest BCUT2D eigenvalue weighted by atomic mass is 10.2. The molecule has 1 aromatic rings. The van der Waals surface area contributed by atoms with Crippen LogP contribution in [0.5, 0.6) is 0 Å². The summed E-state index contributed by atoms with van der Waals surface area (Å²) in [6.45, 7) is 4.03. The smallest absolute Gasteiger partial charge is 0.226 e. The van der Waals surface area contributed by atoms with Crippen molar-refractivity contribution in [3.8, 4) is 0 Å². The van der Waals surface area contributed by atoms with E-state index in [0.29, 0.717) is 5.95 Å². The van der Waals surface area contributed by atoms with Gasteiger partial charge in [0.15, 0.2) is 5.82 Å². The topological polar surface area (TPSA) is 56.3 Å². The Hall–Kier alpha value is -1.56. The van der Waals surface area contributed by atoms with Crippen LogP contribution in [0.4, 0.5) is 17.6 Å². The number of anilines is 3. The van der Waals surface area contributed by atoms with Crippen molar-refractivity contribution in [2.75, 3.05) is 49.9 Å². The van der Waals surface area contributed by atoms with Crippen molar-refractivity contribution in [3.63, 3.8) is 0 Å². The third-order valence-corrected chi connectivity index (χ3v) is 2.91. The number of hydrogen-bond donors (Lipinski definition) is 2. The highest BCUT2D eigenvalue weighted by atomic mass is 15.5. The summed E-state index contributed by atoms with van der Waals surface area (Å²) in [6, 6.07) is 0. The normalized spacial score (nSPS) is 13.9. The van der Waals surface area contributed by atoms with E-state index in [2.05, 4.69) is 39.6 Å². The number of nitrogens with one attached hydrogen (secondary N) is 2. The summed E-state index contributed by atoms with van der Waals surface area (Å²) in [5.41, 5.74) is 4.46. The number of fused-ring (bicyclic) bond motifs is 1. The van der Waals surface area contributed by atoms with Crippen molar-refractivity contribution >= 4 is 17.6 Å². The van der Waals surface area contributed by atoms with Gasteiger partial charge in [-0.25, -0.2) is 5.01 Å². The number of hydrogen-bond acceptors (Lipinski definition) is 6. The summed E-state index contributed by atoms with van der Waals surface area (Å²) < 4.78 is 0. The Bertz CT molecular complexity index is 417. The molecule has 0 unspecified atom stereocenters. The lowest BCUT2D eigenvalue weighted by Gasteiger charge is -2.18. The Morgan fingerprint density at radius 3 is 2.78 bits per heavy atom. The molecule has 0 bridgehead atoms. The van der Waals surface area contributed by atoms with E-state index in [0.717, 1.165) is 37.6 Å². The molecule has 1 aliphatic rings. The van der Waals surface area contributed by atoms with Gasteiger partial charge in [-0.15, -0.1) is 0 Å². The van der Waals surface area contributed by atoms with Crippen molar-refractivity contribution in [2.24, 2.45) is 0 Å². The van der Waals surface area contributed by atoms with E-state index in [1.54, 1.807) is 0 Å². The van der Waals surface area contributed by atoms with Crippen LogP contribution in [0.3, 0.4) is 0 Å². The average molecular weight is 250 g/mol. The highest BCUT2D eigenvalue weighted by Gasteiger charge is 2.23. The third-order valence-electron chi connectivity index (χ3n) is 2.91. The molecule has 0 aromatic carbocycles. The molecule has 0 atom stereocenters. The highest BCUT2D eigenvalue weighted by Crippen LogP contribution is 2.31. The van der Waals surface area contributed by atoms with Crippen LogP contribution < -0.4 is 15.6 Å². The van der Waals surface area contributed by atoms with Gasteiger partial charge in [-0.1, -0.05) is 6.92 Å². The van der Waals surface area contributed by atoms with Gasteiger partial charge >= 0.3 is 0 Å². The molecule has 0 amide bonds. The molecule has 6 nitrogen and oxygen atoms in total. The molecule has 1 aliphatic heterocycles. The van der Waals surface area contributed by atoms with E-state index in [1.807, 2.05) is 19.1 Å². The molecule has 0 aliphatic carbocycles. The predicted octanol–water partition coefficient (Wildman–Crippen LogP) is 1.18. The summed E-state index contributed by atoms with van der Waals surface area (Å²) in [5.74, 6) is 2.65. The molecule has 2 heterocycles. The first-order chi connectivity index (χ1) is 8.61. The van der Waals surface area contributed by atoms with Gasteiger partial charge in [-0.2, -0.15) is 9.97 Å². The van der Waals surface area contributed by atoms with Crippen molar-refractivity contribution in [1.29, 1.82) is 0 Å². The minimum Gasteiger partial charge on any atom is -0.359 e. The zero-order valence-corrected chi connectivity index (χ0v) is 11.6. The van der Waals surface area contributed by atoms with Crippen molar-refractivity contribution < 1.29 is 0 Å². The largest absolute Gasteiger partial charge is 0.359 e. The second kappa shape index (κ2) is 5.39. The van der Waals surface area contributed by atoms with E-state index in [1.165, 1.54) is 5.56 Å². The van der Waals surface area contributed by atoms with E-state index < -0.39 is 0 Å². The average Bonchev–Trinajstić information content (AvgIpc) is 2.68. The van der Waals surface area contributed by atoms with Gasteiger partial charge in [0, 0.05) is 39.8 Å².